The van der Waals surface area contributed by atoms with Crippen LogP contribution in [0.1, 0.15) is 6.42 Å². The second-order valence-corrected chi connectivity index (χ2v) is 2.73. The van der Waals surface area contributed by atoms with Crippen LogP contribution in [-0.2, 0) is 14.5 Å². The molecule has 0 saturated carbocycles. The summed E-state index contributed by atoms with van der Waals surface area (Å²) in [7, 11) is 4.71. The molecule has 0 bridgehead atoms. The lowest BCUT2D eigenvalue weighted by molar-refractivity contribution is -0.250. The summed E-state index contributed by atoms with van der Waals surface area (Å²) in [6, 6.07) is 0. The zero-order valence-electron chi connectivity index (χ0n) is 9.32. The Kier molecular flexibility index (Phi) is 7.06. The molecule has 84 valence electrons. The van der Waals surface area contributed by atoms with E-state index in [0.717, 1.165) is 0 Å². The van der Waals surface area contributed by atoms with E-state index in [1.807, 2.05) is 0 Å². The van der Waals surface area contributed by atoms with E-state index in [1.54, 1.807) is 25.3 Å². The van der Waals surface area contributed by atoms with Gasteiger partial charge in [-0.3, -0.25) is 0 Å². The molecule has 0 aromatic rings. The van der Waals surface area contributed by atoms with Crippen LogP contribution in [0.2, 0.25) is 0 Å². The minimum absolute atomic E-state index is 0.316. The second kappa shape index (κ2) is 7.85. The van der Waals surface area contributed by atoms with Crippen LogP contribution in [-0.4, -0.2) is 32.8 Å². The van der Waals surface area contributed by atoms with Crippen LogP contribution in [0.5, 0.6) is 0 Å². The molecule has 0 radical (unpaired) electrons. The molecule has 0 aliphatic carbocycles. The fourth-order valence-electron chi connectivity index (χ4n) is 0.806. The van der Waals surface area contributed by atoms with Crippen LogP contribution in [0.3, 0.4) is 0 Å². The van der Waals surface area contributed by atoms with E-state index in [9.17, 15) is 0 Å². The summed E-state index contributed by atoms with van der Waals surface area (Å²) in [6.45, 7) is 11.1. The average Bonchev–Trinajstić information content (AvgIpc) is 2.24. The molecule has 5 nitrogen and oxygen atoms in total. The highest BCUT2D eigenvalue weighted by Crippen LogP contribution is 2.08. The van der Waals surface area contributed by atoms with Gasteiger partial charge in [0.2, 0.25) is 5.88 Å². The van der Waals surface area contributed by atoms with Gasteiger partial charge in [0, 0.05) is 33.4 Å². The van der Waals surface area contributed by atoms with Crippen LogP contribution >= 0.6 is 0 Å². The van der Waals surface area contributed by atoms with E-state index < -0.39 is 0 Å². The molecule has 0 N–H and O–H groups in total. The lowest BCUT2D eigenvalue weighted by atomic mass is 10.3. The number of ether oxygens (including phenoxy) is 1. The molecule has 0 saturated heterocycles. The standard InChI is InChI=1S/C10H16N2O3/c1-9(15-14-5)12(3)8-10(11-2)6-7-13-4/h8H,1,6-7H2,3-5H3/b10-8-. The molecular formula is C10H16N2O3. The first kappa shape index (κ1) is 13.5. The molecule has 0 aliphatic heterocycles. The predicted molar refractivity (Wildman–Crippen MR) is 56.2 cm³/mol. The minimum Gasteiger partial charge on any atom is -0.386 e. The van der Waals surface area contributed by atoms with Gasteiger partial charge >= 0.3 is 0 Å². The zero-order chi connectivity index (χ0) is 11.7. The Bertz CT molecular complexity index is 268. The molecule has 0 aliphatic rings. The molecule has 0 unspecified atom stereocenters. The Morgan fingerprint density at radius 3 is 2.67 bits per heavy atom. The molecule has 0 aromatic carbocycles. The van der Waals surface area contributed by atoms with Crippen molar-refractivity contribution in [3.63, 3.8) is 0 Å². The van der Waals surface area contributed by atoms with Gasteiger partial charge in [-0.2, -0.15) is 4.89 Å². The molecule has 0 atom stereocenters. The first-order valence-electron chi connectivity index (χ1n) is 4.35. The van der Waals surface area contributed by atoms with Crippen molar-refractivity contribution in [3.8, 4) is 0 Å². The van der Waals surface area contributed by atoms with E-state index in [-0.39, 0.29) is 0 Å². The topological polar surface area (TPSA) is 35.3 Å². The molecular weight excluding hydrogens is 196 g/mol. The van der Waals surface area contributed by atoms with Crippen LogP contribution in [0.4, 0.5) is 0 Å². The van der Waals surface area contributed by atoms with Gasteiger partial charge in [-0.15, -0.1) is 0 Å². The third kappa shape index (κ3) is 5.73. The number of rotatable bonds is 7. The Labute approximate surface area is 90.3 Å². The van der Waals surface area contributed by atoms with Crippen molar-refractivity contribution in [1.82, 2.24) is 4.90 Å². The predicted octanol–water partition coefficient (Wildman–Crippen LogP) is 1.76. The van der Waals surface area contributed by atoms with Crippen molar-refractivity contribution in [1.29, 1.82) is 0 Å². The fourth-order valence-corrected chi connectivity index (χ4v) is 0.806. The first-order valence-corrected chi connectivity index (χ1v) is 4.35. The lowest BCUT2D eigenvalue weighted by Crippen LogP contribution is -2.12. The van der Waals surface area contributed by atoms with Crippen LogP contribution in [0.15, 0.2) is 24.4 Å². The summed E-state index contributed by atoms with van der Waals surface area (Å²) in [6.07, 6.45) is 2.19. The van der Waals surface area contributed by atoms with Gasteiger partial charge in [-0.05, 0) is 6.58 Å². The molecule has 0 spiro atoms. The fraction of sp³-hybridized carbons (Fsp3) is 0.500. The summed E-state index contributed by atoms with van der Waals surface area (Å²) in [5, 5.41) is 0. The van der Waals surface area contributed by atoms with Crippen molar-refractivity contribution in [2.75, 3.05) is 27.9 Å². The summed E-state index contributed by atoms with van der Waals surface area (Å²) >= 11 is 0. The maximum Gasteiger partial charge on any atom is 0.228 e. The van der Waals surface area contributed by atoms with Crippen molar-refractivity contribution in [2.24, 2.45) is 0 Å². The number of hydrogen-bond acceptors (Lipinski definition) is 4. The van der Waals surface area contributed by atoms with Crippen molar-refractivity contribution < 1.29 is 14.5 Å². The first-order chi connectivity index (χ1) is 7.15. The number of hydrogen-bond donors (Lipinski definition) is 0. The van der Waals surface area contributed by atoms with Crippen LogP contribution in [0, 0.1) is 6.57 Å². The van der Waals surface area contributed by atoms with E-state index >= 15 is 0 Å². The highest BCUT2D eigenvalue weighted by molar-refractivity contribution is 5.11. The molecule has 0 amide bonds. The highest BCUT2D eigenvalue weighted by atomic mass is 17.2. The lowest BCUT2D eigenvalue weighted by Gasteiger charge is -2.15. The molecule has 5 heteroatoms. The van der Waals surface area contributed by atoms with Gasteiger partial charge in [-0.1, -0.05) is 0 Å². The summed E-state index contributed by atoms with van der Waals surface area (Å²) in [5.74, 6) is 0.316. The Hall–Kier alpha value is -1.51. The zero-order valence-corrected chi connectivity index (χ0v) is 9.32. The van der Waals surface area contributed by atoms with E-state index in [1.165, 1.54) is 7.11 Å². The molecule has 0 fully saturated rings. The molecule has 15 heavy (non-hydrogen) atoms. The Balaban J connectivity index is 4.29. The van der Waals surface area contributed by atoms with Crippen LogP contribution in [0.25, 0.3) is 4.85 Å². The Morgan fingerprint density at radius 1 is 1.53 bits per heavy atom. The molecule has 0 rings (SSSR count). The normalized spacial score (nSPS) is 10.7. The monoisotopic (exact) mass is 212 g/mol. The number of nitrogens with zero attached hydrogens (tertiary/aromatic N) is 2. The third-order valence-electron chi connectivity index (χ3n) is 1.62. The molecule has 0 heterocycles. The van der Waals surface area contributed by atoms with Crippen LogP contribution < -0.4 is 0 Å². The van der Waals surface area contributed by atoms with Gasteiger partial charge in [0.1, 0.15) is 0 Å². The summed E-state index contributed by atoms with van der Waals surface area (Å²) in [5.41, 5.74) is 0.570. The highest BCUT2D eigenvalue weighted by Gasteiger charge is 2.03. The van der Waals surface area contributed by atoms with E-state index in [4.69, 9.17) is 16.2 Å². The summed E-state index contributed by atoms with van der Waals surface area (Å²) < 4.78 is 4.88. The van der Waals surface area contributed by atoms with Crippen molar-refractivity contribution in [2.45, 2.75) is 6.42 Å². The van der Waals surface area contributed by atoms with Gasteiger partial charge in [0.25, 0.3) is 0 Å². The van der Waals surface area contributed by atoms with E-state index in [2.05, 4.69) is 16.3 Å². The largest absolute Gasteiger partial charge is 0.386 e. The Morgan fingerprint density at radius 2 is 2.20 bits per heavy atom. The van der Waals surface area contributed by atoms with Gasteiger partial charge < -0.3 is 14.5 Å². The third-order valence-corrected chi connectivity index (χ3v) is 1.62. The maximum atomic E-state index is 6.95. The van der Waals surface area contributed by atoms with Crippen molar-refractivity contribution >= 4 is 0 Å². The average molecular weight is 212 g/mol. The second-order valence-electron chi connectivity index (χ2n) is 2.73. The smallest absolute Gasteiger partial charge is 0.228 e. The summed E-state index contributed by atoms with van der Waals surface area (Å²) in [4.78, 5) is 14.1. The van der Waals surface area contributed by atoms with E-state index in [0.29, 0.717) is 24.6 Å². The SMILES string of the molecule is [C-]#[N+]/C(=C\N(C)C(=C)OOC)CCOC. The number of methoxy groups -OCH3 is 1. The minimum atomic E-state index is 0.316. The van der Waals surface area contributed by atoms with Gasteiger partial charge in [0.05, 0.1) is 13.7 Å². The molecule has 0 aromatic heterocycles. The quantitative estimate of drug-likeness (QED) is 0.279. The maximum absolute atomic E-state index is 6.95. The van der Waals surface area contributed by atoms with Gasteiger partial charge in [-0.25, -0.2) is 4.85 Å². The van der Waals surface area contributed by atoms with Crippen molar-refractivity contribution in [3.05, 3.63) is 35.8 Å². The van der Waals surface area contributed by atoms with Gasteiger partial charge in [0.15, 0.2) is 5.70 Å².